The molecule has 8 heteroatoms. The fraction of sp³-hybridized carbons (Fsp3) is 0.100. The highest BCUT2D eigenvalue weighted by Gasteiger charge is 2.11. The van der Waals surface area contributed by atoms with Crippen LogP contribution in [0.5, 0.6) is 11.5 Å². The first-order valence-electron chi connectivity index (χ1n) is 8.40. The summed E-state index contributed by atoms with van der Waals surface area (Å²) in [6.45, 7) is 1.66. The largest absolute Gasteiger partial charge is 0.457 e. The molecule has 0 fully saturated rings. The number of pyridine rings is 1. The molecular formula is C20H17N3O5. The van der Waals surface area contributed by atoms with Crippen LogP contribution >= 0.6 is 0 Å². The monoisotopic (exact) mass is 379 g/mol. The lowest BCUT2D eigenvalue weighted by Crippen LogP contribution is -2.26. The molecular weight excluding hydrogens is 362 g/mol. The van der Waals surface area contributed by atoms with E-state index in [4.69, 9.17) is 4.74 Å². The number of ether oxygens (including phenoxy) is 1. The van der Waals surface area contributed by atoms with Crippen molar-refractivity contribution in [3.8, 4) is 11.5 Å². The van der Waals surface area contributed by atoms with Crippen LogP contribution in [0.15, 0.2) is 71.7 Å². The van der Waals surface area contributed by atoms with Gasteiger partial charge in [-0.3, -0.25) is 24.3 Å². The quantitative estimate of drug-likeness (QED) is 0.521. The summed E-state index contributed by atoms with van der Waals surface area (Å²) in [5, 5.41) is 13.4. The molecule has 0 saturated carbocycles. The minimum Gasteiger partial charge on any atom is -0.457 e. The molecule has 0 saturated heterocycles. The molecule has 3 aromatic rings. The molecule has 0 unspecified atom stereocenters. The summed E-state index contributed by atoms with van der Waals surface area (Å²) in [5.74, 6) is 0.832. The third-order valence-corrected chi connectivity index (χ3v) is 3.89. The maximum atomic E-state index is 12.2. The van der Waals surface area contributed by atoms with E-state index in [9.17, 15) is 19.7 Å². The number of aromatic nitrogens is 1. The van der Waals surface area contributed by atoms with Crippen molar-refractivity contribution < 1.29 is 14.5 Å². The van der Waals surface area contributed by atoms with E-state index in [0.29, 0.717) is 17.2 Å². The van der Waals surface area contributed by atoms with Crippen LogP contribution in [0.25, 0.3) is 0 Å². The molecule has 3 rings (SSSR count). The Balaban J connectivity index is 1.63. The summed E-state index contributed by atoms with van der Waals surface area (Å²) in [6.07, 6.45) is 1.04. The summed E-state index contributed by atoms with van der Waals surface area (Å²) in [7, 11) is 0. The Kier molecular flexibility index (Phi) is 5.50. The van der Waals surface area contributed by atoms with Gasteiger partial charge in [0.25, 0.3) is 11.2 Å². The summed E-state index contributed by atoms with van der Waals surface area (Å²) in [5.41, 5.74) is 0.889. The molecule has 8 nitrogen and oxygen atoms in total. The average molecular weight is 379 g/mol. The van der Waals surface area contributed by atoms with Gasteiger partial charge in [-0.25, -0.2) is 0 Å². The van der Waals surface area contributed by atoms with E-state index in [0.717, 1.165) is 28.5 Å². The molecule has 0 aliphatic carbocycles. The van der Waals surface area contributed by atoms with Gasteiger partial charge >= 0.3 is 0 Å². The molecule has 1 amide bonds. The van der Waals surface area contributed by atoms with Crippen molar-refractivity contribution in [3.05, 3.63) is 92.9 Å². The van der Waals surface area contributed by atoms with Crippen molar-refractivity contribution in [1.82, 2.24) is 4.57 Å². The number of hydrogen-bond acceptors (Lipinski definition) is 5. The van der Waals surface area contributed by atoms with Crippen LogP contribution in [0.4, 0.5) is 11.4 Å². The van der Waals surface area contributed by atoms with Crippen molar-refractivity contribution >= 4 is 17.3 Å². The number of rotatable bonds is 6. The molecule has 142 valence electrons. The predicted molar refractivity (Wildman–Crippen MR) is 104 cm³/mol. The smallest absolute Gasteiger partial charge is 0.285 e. The second-order valence-electron chi connectivity index (χ2n) is 6.10. The van der Waals surface area contributed by atoms with Crippen LogP contribution in [-0.2, 0) is 11.3 Å². The van der Waals surface area contributed by atoms with Crippen molar-refractivity contribution in [3.63, 3.8) is 0 Å². The normalized spacial score (nSPS) is 10.3. The Morgan fingerprint density at radius 1 is 1.04 bits per heavy atom. The molecule has 1 aromatic heterocycles. The van der Waals surface area contributed by atoms with Gasteiger partial charge in [0.15, 0.2) is 0 Å². The molecule has 28 heavy (non-hydrogen) atoms. The Morgan fingerprint density at radius 3 is 2.25 bits per heavy atom. The highest BCUT2D eigenvalue weighted by molar-refractivity contribution is 5.90. The maximum Gasteiger partial charge on any atom is 0.285 e. The Labute approximate surface area is 160 Å². The molecule has 1 heterocycles. The third-order valence-electron chi connectivity index (χ3n) is 3.89. The summed E-state index contributed by atoms with van der Waals surface area (Å²) < 4.78 is 6.71. The van der Waals surface area contributed by atoms with Gasteiger partial charge in [-0.05, 0) is 43.3 Å². The Bertz CT molecular complexity index is 1060. The van der Waals surface area contributed by atoms with Crippen LogP contribution < -0.4 is 15.6 Å². The molecule has 0 atom stereocenters. The number of nitrogens with zero attached hydrogens (tertiary/aromatic N) is 2. The second-order valence-corrected chi connectivity index (χ2v) is 6.10. The van der Waals surface area contributed by atoms with Gasteiger partial charge in [-0.2, -0.15) is 0 Å². The van der Waals surface area contributed by atoms with E-state index in [1.165, 1.54) is 0 Å². The fourth-order valence-electron chi connectivity index (χ4n) is 2.45. The minimum atomic E-state index is -0.624. The number of hydrogen-bond donors (Lipinski definition) is 1. The molecule has 0 aliphatic heterocycles. The summed E-state index contributed by atoms with van der Waals surface area (Å²) in [4.78, 5) is 34.1. The molecule has 0 bridgehead atoms. The number of benzene rings is 2. The lowest BCUT2D eigenvalue weighted by molar-refractivity contribution is -0.385. The molecule has 0 aliphatic rings. The minimum absolute atomic E-state index is 0.259. The number of carbonyl (C=O) groups excluding carboxylic acids is 1. The molecule has 1 N–H and O–H groups in total. The van der Waals surface area contributed by atoms with Crippen LogP contribution in [0, 0.1) is 17.0 Å². The van der Waals surface area contributed by atoms with Crippen LogP contribution in [0.2, 0.25) is 0 Å². The highest BCUT2D eigenvalue weighted by Crippen LogP contribution is 2.23. The summed E-state index contributed by atoms with van der Waals surface area (Å²) in [6, 6.07) is 16.5. The van der Waals surface area contributed by atoms with Crippen LogP contribution in [0.1, 0.15) is 5.56 Å². The SMILES string of the molecule is Cc1ccc(Oc2ccc(NC(=O)Cn3cc([N+](=O)[O-])ccc3=O)cc2)cc1. The first-order valence-corrected chi connectivity index (χ1v) is 8.40. The first-order chi connectivity index (χ1) is 13.4. The Hall–Kier alpha value is -3.94. The standard InChI is InChI=1S/C20H17N3O5/c1-14-2-7-17(8-3-14)28-18-9-4-15(5-10-18)21-19(24)13-22-12-16(23(26)27)6-11-20(22)25/h2-12H,13H2,1H3,(H,21,24). The number of anilines is 1. The van der Waals surface area contributed by atoms with Gasteiger partial charge in [0.2, 0.25) is 5.91 Å². The number of amides is 1. The van der Waals surface area contributed by atoms with E-state index in [1.807, 2.05) is 31.2 Å². The summed E-state index contributed by atoms with van der Waals surface area (Å²) >= 11 is 0. The van der Waals surface area contributed by atoms with Crippen molar-refractivity contribution in [1.29, 1.82) is 0 Å². The third kappa shape index (κ3) is 4.82. The second kappa shape index (κ2) is 8.17. The number of aryl methyl sites for hydroxylation is 1. The van der Waals surface area contributed by atoms with Crippen LogP contribution in [0.3, 0.4) is 0 Å². The van der Waals surface area contributed by atoms with Gasteiger partial charge < -0.3 is 10.1 Å². The number of nitrogens with one attached hydrogen (secondary N) is 1. The van der Waals surface area contributed by atoms with E-state index < -0.39 is 16.4 Å². The zero-order chi connectivity index (χ0) is 20.1. The van der Waals surface area contributed by atoms with Gasteiger partial charge in [0.05, 0.1) is 11.1 Å². The van der Waals surface area contributed by atoms with E-state index in [2.05, 4.69) is 5.32 Å². The van der Waals surface area contributed by atoms with Gasteiger partial charge in [-0.1, -0.05) is 17.7 Å². The van der Waals surface area contributed by atoms with Gasteiger partial charge in [0.1, 0.15) is 18.0 Å². The zero-order valence-electron chi connectivity index (χ0n) is 15.0. The number of carbonyl (C=O) groups is 1. The molecule has 2 aromatic carbocycles. The molecule has 0 radical (unpaired) electrons. The Morgan fingerprint density at radius 2 is 1.64 bits per heavy atom. The van der Waals surface area contributed by atoms with Crippen LogP contribution in [-0.4, -0.2) is 15.4 Å². The van der Waals surface area contributed by atoms with Crippen molar-refractivity contribution in [2.75, 3.05) is 5.32 Å². The maximum absolute atomic E-state index is 12.2. The van der Waals surface area contributed by atoms with E-state index >= 15 is 0 Å². The zero-order valence-corrected chi connectivity index (χ0v) is 15.0. The van der Waals surface area contributed by atoms with Gasteiger partial charge in [0, 0.05) is 17.8 Å². The van der Waals surface area contributed by atoms with Crippen molar-refractivity contribution in [2.24, 2.45) is 0 Å². The predicted octanol–water partition coefficient (Wildman–Crippen LogP) is 3.50. The topological polar surface area (TPSA) is 103 Å². The lowest BCUT2D eigenvalue weighted by atomic mass is 10.2. The lowest BCUT2D eigenvalue weighted by Gasteiger charge is -2.09. The van der Waals surface area contributed by atoms with E-state index in [1.54, 1.807) is 24.3 Å². The van der Waals surface area contributed by atoms with E-state index in [-0.39, 0.29) is 12.2 Å². The highest BCUT2D eigenvalue weighted by atomic mass is 16.6. The van der Waals surface area contributed by atoms with Gasteiger partial charge in [-0.15, -0.1) is 0 Å². The fourth-order valence-corrected chi connectivity index (χ4v) is 2.45. The number of nitro groups is 1. The molecule has 0 spiro atoms. The van der Waals surface area contributed by atoms with Crippen molar-refractivity contribution in [2.45, 2.75) is 13.5 Å². The average Bonchev–Trinajstić information content (AvgIpc) is 2.67. The first kappa shape index (κ1) is 18.8.